The standard InChI is InChI=1S/C5H10BF3N/c7-6(8,9)5-1-3-10-4-2-5/h5,10H,1-4H2/q-1. The summed E-state index contributed by atoms with van der Waals surface area (Å²) in [6.07, 6.45) is 0.535. The average Bonchev–Trinajstić information content (AvgIpc) is 1.88. The van der Waals surface area contributed by atoms with E-state index >= 15 is 0 Å². The van der Waals surface area contributed by atoms with Gasteiger partial charge in [0, 0.05) is 0 Å². The molecule has 0 radical (unpaired) electrons. The lowest BCUT2D eigenvalue weighted by atomic mass is 9.68. The second-order valence-electron chi connectivity index (χ2n) is 2.71. The minimum Gasteiger partial charge on any atom is -0.449 e. The highest BCUT2D eigenvalue weighted by molar-refractivity contribution is 6.60. The lowest BCUT2D eigenvalue weighted by Gasteiger charge is -2.30. The van der Waals surface area contributed by atoms with Gasteiger partial charge in [-0.05, 0) is 13.1 Å². The topological polar surface area (TPSA) is 12.0 Å². The lowest BCUT2D eigenvalue weighted by molar-refractivity contribution is 0.383. The molecule has 0 aromatic heterocycles. The molecule has 1 fully saturated rings. The molecule has 0 spiro atoms. The summed E-state index contributed by atoms with van der Waals surface area (Å²) in [7, 11) is 0. The molecule has 5 heteroatoms. The van der Waals surface area contributed by atoms with Crippen LogP contribution in [0.25, 0.3) is 0 Å². The van der Waals surface area contributed by atoms with Crippen LogP contribution in [0.5, 0.6) is 0 Å². The van der Waals surface area contributed by atoms with E-state index in [0.29, 0.717) is 13.1 Å². The monoisotopic (exact) mass is 152 g/mol. The number of halogens is 3. The number of piperidine rings is 1. The van der Waals surface area contributed by atoms with Gasteiger partial charge in [0.25, 0.3) is 0 Å². The van der Waals surface area contributed by atoms with Gasteiger partial charge in [-0.25, -0.2) is 0 Å². The first-order valence-electron chi connectivity index (χ1n) is 3.51. The summed E-state index contributed by atoms with van der Waals surface area (Å²) < 4.78 is 35.9. The summed E-state index contributed by atoms with van der Waals surface area (Å²) in [6, 6.07) is 0. The Kier molecular flexibility index (Phi) is 2.23. The number of hydrogen-bond donors (Lipinski definition) is 1. The van der Waals surface area contributed by atoms with E-state index in [2.05, 4.69) is 5.32 Å². The van der Waals surface area contributed by atoms with Crippen LogP contribution in [0.3, 0.4) is 0 Å². The number of hydrogen-bond acceptors (Lipinski definition) is 1. The summed E-state index contributed by atoms with van der Waals surface area (Å²) in [5, 5.41) is 2.90. The first kappa shape index (κ1) is 7.92. The van der Waals surface area contributed by atoms with Crippen molar-refractivity contribution in [3.05, 3.63) is 0 Å². The quantitative estimate of drug-likeness (QED) is 0.562. The van der Waals surface area contributed by atoms with Crippen molar-refractivity contribution in [2.75, 3.05) is 13.1 Å². The molecule has 0 amide bonds. The maximum atomic E-state index is 12.0. The van der Waals surface area contributed by atoms with Gasteiger partial charge in [-0.2, -0.15) is 0 Å². The Hall–Kier alpha value is -0.185. The Morgan fingerprint density at radius 3 is 1.90 bits per heavy atom. The molecular weight excluding hydrogens is 142 g/mol. The SMILES string of the molecule is F[B-](F)(F)C1CCNCC1. The van der Waals surface area contributed by atoms with Crippen LogP contribution in [-0.2, 0) is 0 Å². The van der Waals surface area contributed by atoms with Crippen LogP contribution in [0.2, 0.25) is 5.82 Å². The van der Waals surface area contributed by atoms with E-state index in [-0.39, 0.29) is 12.8 Å². The molecule has 0 aromatic carbocycles. The third kappa shape index (κ3) is 1.90. The van der Waals surface area contributed by atoms with Crippen LogP contribution < -0.4 is 5.32 Å². The molecule has 1 aliphatic rings. The number of nitrogens with one attached hydrogen (secondary N) is 1. The third-order valence-corrected chi connectivity index (χ3v) is 1.92. The molecule has 10 heavy (non-hydrogen) atoms. The summed E-state index contributed by atoms with van der Waals surface area (Å²) in [5.74, 6) is -0.999. The molecule has 60 valence electrons. The molecule has 1 saturated heterocycles. The third-order valence-electron chi connectivity index (χ3n) is 1.92. The highest BCUT2D eigenvalue weighted by atomic mass is 19.4. The summed E-state index contributed by atoms with van der Waals surface area (Å²) in [4.78, 5) is 0. The smallest absolute Gasteiger partial charge is 0.449 e. The predicted molar refractivity (Wildman–Crippen MR) is 34.9 cm³/mol. The van der Waals surface area contributed by atoms with E-state index in [9.17, 15) is 12.9 Å². The molecule has 1 nitrogen and oxygen atoms in total. The van der Waals surface area contributed by atoms with Crippen molar-refractivity contribution in [3.8, 4) is 0 Å². The van der Waals surface area contributed by atoms with Crippen LogP contribution in [0.1, 0.15) is 12.8 Å². The maximum Gasteiger partial charge on any atom is 0.481 e. The molecule has 1 N–H and O–H groups in total. The molecule has 1 rings (SSSR count). The first-order chi connectivity index (χ1) is 4.61. The van der Waals surface area contributed by atoms with Crippen molar-refractivity contribution in [3.63, 3.8) is 0 Å². The van der Waals surface area contributed by atoms with E-state index < -0.39 is 12.8 Å². The molecule has 0 saturated carbocycles. The van der Waals surface area contributed by atoms with Crippen molar-refractivity contribution >= 4 is 6.98 Å². The highest BCUT2D eigenvalue weighted by Crippen LogP contribution is 2.33. The van der Waals surface area contributed by atoms with Gasteiger partial charge in [0.15, 0.2) is 0 Å². The normalized spacial score (nSPS) is 23.1. The lowest BCUT2D eigenvalue weighted by Crippen LogP contribution is -2.34. The minimum absolute atomic E-state index is 0.267. The molecule has 0 aliphatic carbocycles. The molecule has 0 atom stereocenters. The van der Waals surface area contributed by atoms with E-state index in [1.807, 2.05) is 0 Å². The van der Waals surface area contributed by atoms with Gasteiger partial charge in [0.1, 0.15) is 0 Å². The zero-order valence-corrected chi connectivity index (χ0v) is 5.62. The molecule has 0 aromatic rings. The van der Waals surface area contributed by atoms with Crippen LogP contribution in [0.15, 0.2) is 0 Å². The molecule has 1 aliphatic heterocycles. The van der Waals surface area contributed by atoms with E-state index in [4.69, 9.17) is 0 Å². The molecule has 1 heterocycles. The zero-order valence-electron chi connectivity index (χ0n) is 5.62. The Bertz CT molecular complexity index is 108. The van der Waals surface area contributed by atoms with Crippen molar-refractivity contribution in [2.24, 2.45) is 0 Å². The second-order valence-corrected chi connectivity index (χ2v) is 2.71. The Labute approximate surface area is 58.0 Å². The van der Waals surface area contributed by atoms with Gasteiger partial charge in [-0.1, -0.05) is 18.7 Å². The fourth-order valence-electron chi connectivity index (χ4n) is 1.22. The summed E-state index contributed by atoms with van der Waals surface area (Å²) in [6.45, 7) is -3.53. The Balaban J connectivity index is 2.39. The van der Waals surface area contributed by atoms with Gasteiger partial charge in [0.05, 0.1) is 0 Å². The van der Waals surface area contributed by atoms with E-state index in [1.54, 1.807) is 0 Å². The van der Waals surface area contributed by atoms with Gasteiger partial charge in [-0.15, -0.1) is 0 Å². The van der Waals surface area contributed by atoms with Crippen LogP contribution in [0.4, 0.5) is 12.9 Å². The van der Waals surface area contributed by atoms with E-state index in [1.165, 1.54) is 0 Å². The summed E-state index contributed by atoms with van der Waals surface area (Å²) >= 11 is 0. The first-order valence-corrected chi connectivity index (χ1v) is 3.51. The summed E-state index contributed by atoms with van der Waals surface area (Å²) in [5.41, 5.74) is 0. The van der Waals surface area contributed by atoms with Crippen LogP contribution >= 0.6 is 0 Å². The fraction of sp³-hybridized carbons (Fsp3) is 1.00. The Morgan fingerprint density at radius 2 is 1.60 bits per heavy atom. The predicted octanol–water partition coefficient (Wildman–Crippen LogP) is 1.59. The average molecular weight is 152 g/mol. The van der Waals surface area contributed by atoms with Crippen molar-refractivity contribution < 1.29 is 12.9 Å². The Morgan fingerprint density at radius 1 is 1.10 bits per heavy atom. The van der Waals surface area contributed by atoms with Crippen molar-refractivity contribution in [2.45, 2.75) is 18.7 Å². The van der Waals surface area contributed by atoms with Crippen LogP contribution in [0, 0.1) is 0 Å². The van der Waals surface area contributed by atoms with Crippen molar-refractivity contribution in [1.29, 1.82) is 0 Å². The zero-order chi connectivity index (χ0) is 7.61. The molecular formula is C5H10BF3N-. The van der Waals surface area contributed by atoms with Crippen LogP contribution in [-0.4, -0.2) is 20.1 Å². The van der Waals surface area contributed by atoms with E-state index in [0.717, 1.165) is 0 Å². The van der Waals surface area contributed by atoms with Gasteiger partial charge < -0.3 is 18.3 Å². The fourth-order valence-corrected chi connectivity index (χ4v) is 1.22. The highest BCUT2D eigenvalue weighted by Gasteiger charge is 2.34. The van der Waals surface area contributed by atoms with Gasteiger partial charge in [-0.3, -0.25) is 0 Å². The van der Waals surface area contributed by atoms with Gasteiger partial charge in [0.2, 0.25) is 0 Å². The van der Waals surface area contributed by atoms with Gasteiger partial charge >= 0.3 is 6.98 Å². The maximum absolute atomic E-state index is 12.0. The second kappa shape index (κ2) is 2.82. The van der Waals surface area contributed by atoms with Crippen molar-refractivity contribution in [1.82, 2.24) is 5.32 Å². The molecule has 0 bridgehead atoms. The largest absolute Gasteiger partial charge is 0.481 e. The minimum atomic E-state index is -4.57. The number of rotatable bonds is 1. The molecule has 0 unspecified atom stereocenters.